The van der Waals surface area contributed by atoms with Gasteiger partial charge in [0.25, 0.3) is 5.69 Å². The summed E-state index contributed by atoms with van der Waals surface area (Å²) in [5.41, 5.74) is 1.64. The number of fused-ring (bicyclic) bond motifs is 1. The third-order valence-corrected chi connectivity index (χ3v) is 6.04. The number of halogens is 2. The van der Waals surface area contributed by atoms with E-state index in [1.54, 1.807) is 0 Å². The lowest BCUT2D eigenvalue weighted by atomic mass is 9.95. The van der Waals surface area contributed by atoms with E-state index in [9.17, 15) is 18.5 Å². The van der Waals surface area contributed by atoms with Crippen molar-refractivity contribution in [3.63, 3.8) is 0 Å². The van der Waals surface area contributed by atoms with Crippen LogP contribution < -0.4 is 10.0 Å². The maximum absolute atomic E-state index is 12.6. The Labute approximate surface area is 162 Å². The summed E-state index contributed by atoms with van der Waals surface area (Å²) in [6.07, 6.45) is 0.870. The summed E-state index contributed by atoms with van der Waals surface area (Å²) < 4.78 is 27.7. The Hall–Kier alpha value is -1.71. The lowest BCUT2D eigenvalue weighted by Crippen LogP contribution is -2.39. The predicted molar refractivity (Wildman–Crippen MR) is 101 cm³/mol. The summed E-state index contributed by atoms with van der Waals surface area (Å²) in [5, 5.41) is 14.2. The molecule has 3 rings (SSSR count). The number of nitrogens with zero attached hydrogens (tertiary/aromatic N) is 1. The molecule has 140 valence electrons. The zero-order valence-corrected chi connectivity index (χ0v) is 15.9. The quantitative estimate of drug-likeness (QED) is 0.575. The van der Waals surface area contributed by atoms with Crippen molar-refractivity contribution in [3.05, 3.63) is 68.7 Å². The standard InChI is InChI=1S/C16H16ClN3O4S.ClH/c17-13-6-3-7-15(20(21)22)16(13)25(23,24)19-10-14-12-5-2-1-4-11(12)8-9-18-14;/h1-7,14,18-19H,8-10H2;1H. The molecule has 0 aromatic heterocycles. The Morgan fingerprint density at radius 1 is 1.23 bits per heavy atom. The van der Waals surface area contributed by atoms with E-state index in [-0.39, 0.29) is 30.0 Å². The number of benzene rings is 2. The van der Waals surface area contributed by atoms with Gasteiger partial charge in [0, 0.05) is 18.7 Å². The van der Waals surface area contributed by atoms with Crippen LogP contribution in [0.15, 0.2) is 47.4 Å². The summed E-state index contributed by atoms with van der Waals surface area (Å²) in [6.45, 7) is 0.803. The first-order valence-corrected chi connectivity index (χ1v) is 9.50. The maximum atomic E-state index is 12.6. The normalized spacial score (nSPS) is 16.4. The predicted octanol–water partition coefficient (Wildman–Crippen LogP) is 2.84. The van der Waals surface area contributed by atoms with Crippen LogP contribution in [0.5, 0.6) is 0 Å². The molecule has 0 radical (unpaired) electrons. The minimum atomic E-state index is -4.13. The first-order valence-electron chi connectivity index (χ1n) is 7.64. The second-order valence-electron chi connectivity index (χ2n) is 5.65. The highest BCUT2D eigenvalue weighted by molar-refractivity contribution is 7.89. The van der Waals surface area contributed by atoms with Gasteiger partial charge in [0.2, 0.25) is 10.0 Å². The molecule has 0 amide bonds. The van der Waals surface area contributed by atoms with Crippen molar-refractivity contribution in [2.45, 2.75) is 17.4 Å². The number of sulfonamides is 1. The average molecular weight is 418 g/mol. The van der Waals surface area contributed by atoms with Gasteiger partial charge in [0.05, 0.1) is 9.95 Å². The molecule has 0 bridgehead atoms. The third-order valence-electron chi connectivity index (χ3n) is 4.10. The Morgan fingerprint density at radius 2 is 1.96 bits per heavy atom. The van der Waals surface area contributed by atoms with Gasteiger partial charge >= 0.3 is 0 Å². The molecule has 1 aliphatic heterocycles. The summed E-state index contributed by atoms with van der Waals surface area (Å²) >= 11 is 5.92. The summed E-state index contributed by atoms with van der Waals surface area (Å²) in [6, 6.07) is 11.4. The number of nitro groups is 1. The highest BCUT2D eigenvalue weighted by Crippen LogP contribution is 2.31. The van der Waals surface area contributed by atoms with Crippen molar-refractivity contribution in [1.82, 2.24) is 10.0 Å². The molecule has 1 unspecified atom stereocenters. The fourth-order valence-electron chi connectivity index (χ4n) is 2.95. The number of nitrogens with one attached hydrogen (secondary N) is 2. The van der Waals surface area contributed by atoms with Crippen molar-refractivity contribution in [2.75, 3.05) is 13.1 Å². The molecule has 1 heterocycles. The van der Waals surface area contributed by atoms with Gasteiger partial charge in [-0.3, -0.25) is 10.1 Å². The Bertz CT molecular complexity index is 921. The number of rotatable bonds is 5. The van der Waals surface area contributed by atoms with Gasteiger partial charge < -0.3 is 5.32 Å². The van der Waals surface area contributed by atoms with Crippen molar-refractivity contribution >= 4 is 39.7 Å². The molecule has 0 fully saturated rings. The van der Waals surface area contributed by atoms with Crippen LogP contribution in [0.4, 0.5) is 5.69 Å². The van der Waals surface area contributed by atoms with Gasteiger partial charge in [-0.15, -0.1) is 12.4 Å². The van der Waals surface area contributed by atoms with Gasteiger partial charge in [0.1, 0.15) is 0 Å². The lowest BCUT2D eigenvalue weighted by molar-refractivity contribution is -0.387. The smallest absolute Gasteiger partial charge is 0.290 e. The Kier molecular flexibility index (Phi) is 6.59. The molecule has 0 spiro atoms. The van der Waals surface area contributed by atoms with Crippen molar-refractivity contribution in [3.8, 4) is 0 Å². The molecule has 26 heavy (non-hydrogen) atoms. The fraction of sp³-hybridized carbons (Fsp3) is 0.250. The van der Waals surface area contributed by atoms with E-state index >= 15 is 0 Å². The number of hydrogen-bond donors (Lipinski definition) is 2. The van der Waals surface area contributed by atoms with Crippen LogP contribution in [0.3, 0.4) is 0 Å². The van der Waals surface area contributed by atoms with Gasteiger partial charge in [-0.2, -0.15) is 0 Å². The molecule has 0 aliphatic carbocycles. The lowest BCUT2D eigenvalue weighted by Gasteiger charge is -2.27. The van der Waals surface area contributed by atoms with Crippen LogP contribution in [-0.4, -0.2) is 26.4 Å². The van der Waals surface area contributed by atoms with E-state index in [2.05, 4.69) is 10.0 Å². The summed E-state index contributed by atoms with van der Waals surface area (Å²) in [4.78, 5) is 9.87. The van der Waals surface area contributed by atoms with Crippen molar-refractivity contribution in [2.24, 2.45) is 0 Å². The number of hydrogen-bond acceptors (Lipinski definition) is 5. The van der Waals surface area contributed by atoms with Crippen molar-refractivity contribution < 1.29 is 13.3 Å². The zero-order valence-electron chi connectivity index (χ0n) is 13.5. The fourth-order valence-corrected chi connectivity index (χ4v) is 4.69. The maximum Gasteiger partial charge on any atom is 0.290 e. The molecule has 1 atom stereocenters. The Balaban J connectivity index is 0.00000243. The van der Waals surface area contributed by atoms with E-state index in [0.717, 1.165) is 30.2 Å². The second-order valence-corrected chi connectivity index (χ2v) is 7.76. The van der Waals surface area contributed by atoms with Gasteiger partial charge in [-0.05, 0) is 30.2 Å². The van der Waals surface area contributed by atoms with E-state index in [1.165, 1.54) is 12.1 Å². The molecule has 7 nitrogen and oxygen atoms in total. The highest BCUT2D eigenvalue weighted by Gasteiger charge is 2.30. The molecule has 2 aromatic carbocycles. The van der Waals surface area contributed by atoms with Crippen LogP contribution >= 0.6 is 24.0 Å². The SMILES string of the molecule is Cl.O=[N+]([O-])c1cccc(Cl)c1S(=O)(=O)NCC1NCCc2ccccc21. The van der Waals surface area contributed by atoms with E-state index in [0.29, 0.717) is 0 Å². The third kappa shape index (κ3) is 4.16. The van der Waals surface area contributed by atoms with E-state index < -0.39 is 25.5 Å². The van der Waals surface area contributed by atoms with Gasteiger partial charge in [-0.25, -0.2) is 13.1 Å². The largest absolute Gasteiger partial charge is 0.308 e. The molecule has 2 aromatic rings. The van der Waals surface area contributed by atoms with Crippen LogP contribution in [0.25, 0.3) is 0 Å². The highest BCUT2D eigenvalue weighted by atomic mass is 35.5. The molecule has 0 saturated heterocycles. The molecule has 10 heteroatoms. The second kappa shape index (κ2) is 8.32. The van der Waals surface area contributed by atoms with Crippen LogP contribution in [0.1, 0.15) is 17.2 Å². The molecular formula is C16H17Cl2N3O4S. The molecule has 0 saturated carbocycles. The van der Waals surface area contributed by atoms with Crippen molar-refractivity contribution in [1.29, 1.82) is 0 Å². The van der Waals surface area contributed by atoms with Crippen LogP contribution in [0.2, 0.25) is 5.02 Å². The van der Waals surface area contributed by atoms with Gasteiger partial charge in [-0.1, -0.05) is 41.9 Å². The molecule has 1 aliphatic rings. The molecule has 2 N–H and O–H groups in total. The minimum absolute atomic E-state index is 0. The average Bonchev–Trinajstić information content (AvgIpc) is 2.59. The van der Waals surface area contributed by atoms with Crippen LogP contribution in [-0.2, 0) is 16.4 Å². The first-order chi connectivity index (χ1) is 11.9. The van der Waals surface area contributed by atoms with E-state index in [1.807, 2.05) is 24.3 Å². The van der Waals surface area contributed by atoms with Crippen LogP contribution in [0, 0.1) is 10.1 Å². The minimum Gasteiger partial charge on any atom is -0.308 e. The monoisotopic (exact) mass is 417 g/mol. The van der Waals surface area contributed by atoms with E-state index in [4.69, 9.17) is 11.6 Å². The van der Waals surface area contributed by atoms with Gasteiger partial charge in [0.15, 0.2) is 4.90 Å². The Morgan fingerprint density at radius 3 is 2.69 bits per heavy atom. The topological polar surface area (TPSA) is 101 Å². The molecular weight excluding hydrogens is 401 g/mol. The number of nitro benzene ring substituents is 1. The summed E-state index contributed by atoms with van der Waals surface area (Å²) in [5.74, 6) is 0. The summed E-state index contributed by atoms with van der Waals surface area (Å²) in [7, 11) is -4.13. The zero-order chi connectivity index (χ0) is 18.0. The first kappa shape index (κ1) is 20.6.